The SMILES string of the molecule is COc1ccc(CC(=O)Nc2ccc3c(c2)OC2(CCCC2)O3)cc1F. The van der Waals surface area contributed by atoms with Gasteiger partial charge in [-0.3, -0.25) is 4.79 Å². The Bertz CT molecular complexity index is 846. The first-order valence-electron chi connectivity index (χ1n) is 8.71. The fraction of sp³-hybridized carbons (Fsp3) is 0.350. The second-order valence-corrected chi connectivity index (χ2v) is 6.68. The molecule has 26 heavy (non-hydrogen) atoms. The van der Waals surface area contributed by atoms with Crippen molar-refractivity contribution < 1.29 is 23.4 Å². The average molecular weight is 357 g/mol. The van der Waals surface area contributed by atoms with Gasteiger partial charge in [-0.2, -0.15) is 0 Å². The number of nitrogens with one attached hydrogen (secondary N) is 1. The summed E-state index contributed by atoms with van der Waals surface area (Å²) in [6, 6.07) is 9.86. The Kier molecular flexibility index (Phi) is 4.18. The first-order chi connectivity index (χ1) is 12.6. The maximum Gasteiger partial charge on any atom is 0.251 e. The van der Waals surface area contributed by atoms with Crippen LogP contribution in [0.2, 0.25) is 0 Å². The van der Waals surface area contributed by atoms with Crippen molar-refractivity contribution in [2.24, 2.45) is 0 Å². The summed E-state index contributed by atoms with van der Waals surface area (Å²) in [5.41, 5.74) is 1.20. The lowest BCUT2D eigenvalue weighted by atomic mass is 10.1. The number of fused-ring (bicyclic) bond motifs is 1. The molecule has 1 aliphatic carbocycles. The van der Waals surface area contributed by atoms with E-state index in [1.807, 2.05) is 6.07 Å². The Morgan fingerprint density at radius 1 is 1.15 bits per heavy atom. The minimum absolute atomic E-state index is 0.0687. The predicted molar refractivity (Wildman–Crippen MR) is 94.2 cm³/mol. The molecule has 1 saturated carbocycles. The van der Waals surface area contributed by atoms with E-state index >= 15 is 0 Å². The van der Waals surface area contributed by atoms with Crippen LogP contribution in [-0.4, -0.2) is 18.8 Å². The van der Waals surface area contributed by atoms with Gasteiger partial charge in [0.15, 0.2) is 23.1 Å². The zero-order chi connectivity index (χ0) is 18.1. The number of benzene rings is 2. The van der Waals surface area contributed by atoms with Crippen LogP contribution in [0, 0.1) is 5.82 Å². The van der Waals surface area contributed by atoms with Gasteiger partial charge < -0.3 is 19.5 Å². The lowest BCUT2D eigenvalue weighted by Gasteiger charge is -2.21. The number of amides is 1. The van der Waals surface area contributed by atoms with Gasteiger partial charge >= 0.3 is 0 Å². The summed E-state index contributed by atoms with van der Waals surface area (Å²) in [7, 11) is 1.40. The number of carbonyl (C=O) groups is 1. The molecule has 1 spiro atoms. The number of carbonyl (C=O) groups excluding carboxylic acids is 1. The molecule has 5 nitrogen and oxygen atoms in total. The number of ether oxygens (including phenoxy) is 3. The van der Waals surface area contributed by atoms with E-state index in [2.05, 4.69) is 5.32 Å². The van der Waals surface area contributed by atoms with Gasteiger partial charge in [0.25, 0.3) is 5.79 Å². The normalized spacial score (nSPS) is 16.7. The van der Waals surface area contributed by atoms with Crippen molar-refractivity contribution in [2.75, 3.05) is 12.4 Å². The lowest BCUT2D eigenvalue weighted by molar-refractivity contribution is -0.115. The fourth-order valence-electron chi connectivity index (χ4n) is 3.50. The fourth-order valence-corrected chi connectivity index (χ4v) is 3.50. The summed E-state index contributed by atoms with van der Waals surface area (Å²) < 4.78 is 30.6. The maximum absolute atomic E-state index is 13.7. The van der Waals surface area contributed by atoms with Crippen LogP contribution in [0.1, 0.15) is 31.2 Å². The molecule has 2 aliphatic rings. The second kappa shape index (κ2) is 6.52. The number of halogens is 1. The third kappa shape index (κ3) is 3.19. The van der Waals surface area contributed by atoms with E-state index in [1.54, 1.807) is 18.2 Å². The van der Waals surface area contributed by atoms with Gasteiger partial charge in [0, 0.05) is 24.6 Å². The molecule has 4 rings (SSSR count). The molecule has 1 N–H and O–H groups in total. The van der Waals surface area contributed by atoms with Crippen molar-refractivity contribution in [2.45, 2.75) is 37.9 Å². The summed E-state index contributed by atoms with van der Waals surface area (Å²) in [6.45, 7) is 0. The summed E-state index contributed by atoms with van der Waals surface area (Å²) in [5.74, 6) is 0.283. The van der Waals surface area contributed by atoms with Crippen LogP contribution < -0.4 is 19.5 Å². The summed E-state index contributed by atoms with van der Waals surface area (Å²) in [6.07, 6.45) is 4.02. The first kappa shape index (κ1) is 16.7. The van der Waals surface area contributed by atoms with E-state index in [4.69, 9.17) is 14.2 Å². The molecule has 136 valence electrons. The van der Waals surface area contributed by atoms with Crippen molar-refractivity contribution in [1.29, 1.82) is 0 Å². The Morgan fingerprint density at radius 3 is 2.65 bits per heavy atom. The number of anilines is 1. The van der Waals surface area contributed by atoms with Crippen LogP contribution in [0.15, 0.2) is 36.4 Å². The molecule has 1 aliphatic heterocycles. The zero-order valence-electron chi connectivity index (χ0n) is 14.5. The summed E-state index contributed by atoms with van der Waals surface area (Å²) >= 11 is 0. The van der Waals surface area contributed by atoms with Crippen LogP contribution in [0.4, 0.5) is 10.1 Å². The Morgan fingerprint density at radius 2 is 1.92 bits per heavy atom. The molecule has 0 radical (unpaired) electrons. The molecule has 1 fully saturated rings. The van der Waals surface area contributed by atoms with E-state index in [0.29, 0.717) is 22.7 Å². The molecule has 0 aromatic heterocycles. The minimum Gasteiger partial charge on any atom is -0.494 e. The number of hydrogen-bond donors (Lipinski definition) is 1. The monoisotopic (exact) mass is 357 g/mol. The second-order valence-electron chi connectivity index (χ2n) is 6.68. The molecule has 0 saturated heterocycles. The largest absolute Gasteiger partial charge is 0.494 e. The molecule has 6 heteroatoms. The van der Waals surface area contributed by atoms with Gasteiger partial charge in [0.05, 0.1) is 13.5 Å². The smallest absolute Gasteiger partial charge is 0.251 e. The van der Waals surface area contributed by atoms with Crippen LogP contribution >= 0.6 is 0 Å². The Balaban J connectivity index is 1.42. The molecule has 0 bridgehead atoms. The van der Waals surface area contributed by atoms with Gasteiger partial charge in [-0.1, -0.05) is 6.07 Å². The highest BCUT2D eigenvalue weighted by molar-refractivity contribution is 5.92. The van der Waals surface area contributed by atoms with Crippen molar-refractivity contribution in [3.8, 4) is 17.2 Å². The van der Waals surface area contributed by atoms with E-state index in [1.165, 1.54) is 19.2 Å². The quantitative estimate of drug-likeness (QED) is 0.897. The molecule has 1 heterocycles. The third-order valence-electron chi connectivity index (χ3n) is 4.77. The highest BCUT2D eigenvalue weighted by Crippen LogP contribution is 2.47. The van der Waals surface area contributed by atoms with E-state index in [0.717, 1.165) is 25.7 Å². The lowest BCUT2D eigenvalue weighted by Crippen LogP contribution is -2.34. The molecule has 0 unspecified atom stereocenters. The van der Waals surface area contributed by atoms with Crippen LogP contribution in [0.3, 0.4) is 0 Å². The van der Waals surface area contributed by atoms with Crippen LogP contribution in [0.25, 0.3) is 0 Å². The average Bonchev–Trinajstić information content (AvgIpc) is 3.20. The molecule has 2 aromatic carbocycles. The highest BCUT2D eigenvalue weighted by atomic mass is 19.1. The van der Waals surface area contributed by atoms with Gasteiger partial charge in [-0.25, -0.2) is 4.39 Å². The molecular weight excluding hydrogens is 337 g/mol. The molecular formula is C20H20FNO4. The highest BCUT2D eigenvalue weighted by Gasteiger charge is 2.44. The van der Waals surface area contributed by atoms with Crippen molar-refractivity contribution in [3.63, 3.8) is 0 Å². The Hall–Kier alpha value is -2.76. The van der Waals surface area contributed by atoms with Crippen LogP contribution in [0.5, 0.6) is 17.2 Å². The first-order valence-corrected chi connectivity index (χ1v) is 8.71. The number of methoxy groups -OCH3 is 1. The molecule has 0 atom stereocenters. The third-order valence-corrected chi connectivity index (χ3v) is 4.77. The van der Waals surface area contributed by atoms with Gasteiger partial charge in [-0.15, -0.1) is 0 Å². The van der Waals surface area contributed by atoms with Gasteiger partial charge in [0.2, 0.25) is 5.91 Å². The zero-order valence-corrected chi connectivity index (χ0v) is 14.5. The van der Waals surface area contributed by atoms with E-state index in [-0.39, 0.29) is 18.1 Å². The Labute approximate surface area is 151 Å². The topological polar surface area (TPSA) is 56.8 Å². The van der Waals surface area contributed by atoms with Crippen molar-refractivity contribution >= 4 is 11.6 Å². The van der Waals surface area contributed by atoms with Crippen molar-refractivity contribution in [3.05, 3.63) is 47.8 Å². The number of rotatable bonds is 4. The van der Waals surface area contributed by atoms with Crippen molar-refractivity contribution in [1.82, 2.24) is 0 Å². The molecule has 2 aromatic rings. The van der Waals surface area contributed by atoms with Gasteiger partial charge in [-0.05, 0) is 42.7 Å². The summed E-state index contributed by atoms with van der Waals surface area (Å²) in [5, 5.41) is 2.82. The van der Waals surface area contributed by atoms with Gasteiger partial charge in [0.1, 0.15) is 0 Å². The van der Waals surface area contributed by atoms with Crippen LogP contribution in [-0.2, 0) is 11.2 Å². The standard InChI is InChI=1S/C20H20FNO4/c1-24-16-6-4-13(10-15(16)21)11-19(23)22-14-5-7-17-18(12-14)26-20(25-17)8-2-3-9-20/h4-7,10,12H,2-3,8-9,11H2,1H3,(H,22,23). The maximum atomic E-state index is 13.7. The van der Waals surface area contributed by atoms with E-state index in [9.17, 15) is 9.18 Å². The molecule has 1 amide bonds. The van der Waals surface area contributed by atoms with E-state index < -0.39 is 11.6 Å². The predicted octanol–water partition coefficient (Wildman–Crippen LogP) is 4.06. The summed E-state index contributed by atoms with van der Waals surface area (Å²) in [4.78, 5) is 12.3. The minimum atomic E-state index is -0.522. The number of hydrogen-bond acceptors (Lipinski definition) is 4.